The van der Waals surface area contributed by atoms with Crippen LogP contribution in [0.25, 0.3) is 0 Å². The minimum absolute atomic E-state index is 0. The number of nitrogens with two attached hydrogens (primary N) is 1. The number of hydrogen-bond donors (Lipinski definition) is 2. The average molecular weight is 416 g/mol. The van der Waals surface area contributed by atoms with Crippen LogP contribution in [-0.4, -0.2) is 43.8 Å². The molecule has 3 rings (SSSR count). The van der Waals surface area contributed by atoms with Crippen molar-refractivity contribution in [2.45, 2.75) is 62.4 Å². The quantitative estimate of drug-likeness (QED) is 0.771. The standard InChI is InChI=1S/C19H29N3O3S.ClH/c1-14-5-7-17(8-6-14)26(24,25)22-11-9-16(10-12-22)21-19(23)13-15-3-2-4-18(15)20;/h5-8,15-16,18H,2-4,9-13,20H2,1H3,(H,21,23);1H/t15-,18+;/m0./s1. The summed E-state index contributed by atoms with van der Waals surface area (Å²) in [6.45, 7) is 2.80. The molecule has 152 valence electrons. The molecule has 2 fully saturated rings. The zero-order valence-corrected chi connectivity index (χ0v) is 17.4. The van der Waals surface area contributed by atoms with Gasteiger partial charge < -0.3 is 11.1 Å². The number of carbonyl (C=O) groups is 1. The summed E-state index contributed by atoms with van der Waals surface area (Å²) in [5.41, 5.74) is 7.07. The number of aryl methyl sites for hydroxylation is 1. The van der Waals surface area contributed by atoms with Crippen LogP contribution in [0.3, 0.4) is 0 Å². The lowest BCUT2D eigenvalue weighted by molar-refractivity contribution is -0.123. The van der Waals surface area contributed by atoms with E-state index in [2.05, 4.69) is 5.32 Å². The number of sulfonamides is 1. The molecule has 1 aliphatic heterocycles. The molecule has 0 bridgehead atoms. The molecular formula is C19H30ClN3O3S. The summed E-state index contributed by atoms with van der Waals surface area (Å²) in [6.07, 6.45) is 4.92. The molecule has 8 heteroatoms. The smallest absolute Gasteiger partial charge is 0.243 e. The fraction of sp³-hybridized carbons (Fsp3) is 0.632. The maximum Gasteiger partial charge on any atom is 0.243 e. The van der Waals surface area contributed by atoms with Gasteiger partial charge in [0.15, 0.2) is 0 Å². The molecule has 2 atom stereocenters. The molecule has 0 radical (unpaired) electrons. The maximum absolute atomic E-state index is 12.7. The van der Waals surface area contributed by atoms with Gasteiger partial charge in [0.2, 0.25) is 15.9 Å². The topological polar surface area (TPSA) is 92.5 Å². The summed E-state index contributed by atoms with van der Waals surface area (Å²) < 4.78 is 27.0. The lowest BCUT2D eigenvalue weighted by Crippen LogP contribution is -2.47. The summed E-state index contributed by atoms with van der Waals surface area (Å²) in [5.74, 6) is 0.337. The molecule has 1 amide bonds. The second-order valence-corrected chi connectivity index (χ2v) is 9.56. The maximum atomic E-state index is 12.7. The van der Waals surface area contributed by atoms with Crippen LogP contribution in [0.5, 0.6) is 0 Å². The van der Waals surface area contributed by atoms with Crippen LogP contribution in [0.1, 0.15) is 44.1 Å². The Balaban J connectivity index is 0.00000261. The van der Waals surface area contributed by atoms with Gasteiger partial charge in [0.25, 0.3) is 0 Å². The number of rotatable bonds is 5. The largest absolute Gasteiger partial charge is 0.353 e. The van der Waals surface area contributed by atoms with Crippen LogP contribution >= 0.6 is 12.4 Å². The van der Waals surface area contributed by atoms with E-state index in [9.17, 15) is 13.2 Å². The van der Waals surface area contributed by atoms with Gasteiger partial charge in [0.1, 0.15) is 0 Å². The highest BCUT2D eigenvalue weighted by atomic mass is 35.5. The first-order valence-corrected chi connectivity index (χ1v) is 10.9. The fourth-order valence-corrected chi connectivity index (χ4v) is 5.41. The molecule has 1 saturated heterocycles. The predicted molar refractivity (Wildman–Crippen MR) is 108 cm³/mol. The molecule has 0 aromatic heterocycles. The second-order valence-electron chi connectivity index (χ2n) is 7.62. The van der Waals surface area contributed by atoms with Crippen molar-refractivity contribution in [1.82, 2.24) is 9.62 Å². The van der Waals surface area contributed by atoms with Crippen LogP contribution < -0.4 is 11.1 Å². The van der Waals surface area contributed by atoms with Crippen LogP contribution in [0.4, 0.5) is 0 Å². The zero-order chi connectivity index (χ0) is 18.7. The molecule has 1 aromatic rings. The lowest BCUT2D eigenvalue weighted by Gasteiger charge is -2.32. The highest BCUT2D eigenvalue weighted by Crippen LogP contribution is 2.27. The van der Waals surface area contributed by atoms with Gasteiger partial charge in [-0.2, -0.15) is 4.31 Å². The molecule has 1 saturated carbocycles. The number of nitrogens with zero attached hydrogens (tertiary/aromatic N) is 1. The first kappa shape index (κ1) is 22.1. The Kier molecular flexibility index (Phi) is 7.68. The first-order chi connectivity index (χ1) is 12.4. The number of halogens is 1. The van der Waals surface area contributed by atoms with Gasteiger partial charge in [-0.3, -0.25) is 4.79 Å². The highest BCUT2D eigenvalue weighted by Gasteiger charge is 2.31. The van der Waals surface area contributed by atoms with E-state index >= 15 is 0 Å². The van der Waals surface area contributed by atoms with Gasteiger partial charge >= 0.3 is 0 Å². The van der Waals surface area contributed by atoms with Gasteiger partial charge in [0.05, 0.1) is 4.90 Å². The minimum atomic E-state index is -3.45. The van der Waals surface area contributed by atoms with Crippen LogP contribution in [0.15, 0.2) is 29.2 Å². The Morgan fingerprint density at radius 1 is 1.15 bits per heavy atom. The number of piperidine rings is 1. The third-order valence-electron chi connectivity index (χ3n) is 5.64. The average Bonchev–Trinajstić information content (AvgIpc) is 3.00. The van der Waals surface area contributed by atoms with Crippen molar-refractivity contribution >= 4 is 28.3 Å². The van der Waals surface area contributed by atoms with Gasteiger partial charge in [-0.1, -0.05) is 24.1 Å². The summed E-state index contributed by atoms with van der Waals surface area (Å²) in [6, 6.07) is 7.13. The SMILES string of the molecule is Cc1ccc(S(=O)(=O)N2CCC(NC(=O)C[C@@H]3CCC[C@H]3N)CC2)cc1.Cl. The number of nitrogens with one attached hydrogen (secondary N) is 1. The number of hydrogen-bond acceptors (Lipinski definition) is 4. The summed E-state index contributed by atoms with van der Waals surface area (Å²) in [5, 5.41) is 3.07. The molecule has 1 heterocycles. The van der Waals surface area contributed by atoms with Crippen molar-refractivity contribution in [3.05, 3.63) is 29.8 Å². The van der Waals surface area contributed by atoms with E-state index in [-0.39, 0.29) is 36.3 Å². The summed E-state index contributed by atoms with van der Waals surface area (Å²) in [7, 11) is -3.45. The zero-order valence-electron chi connectivity index (χ0n) is 15.8. The molecule has 1 aromatic carbocycles. The minimum Gasteiger partial charge on any atom is -0.353 e. The molecule has 0 spiro atoms. The van der Waals surface area contributed by atoms with Crippen LogP contribution in [0.2, 0.25) is 0 Å². The molecule has 2 aliphatic rings. The summed E-state index contributed by atoms with van der Waals surface area (Å²) >= 11 is 0. The molecule has 0 unspecified atom stereocenters. The van der Waals surface area contributed by atoms with Crippen molar-refractivity contribution in [2.24, 2.45) is 11.7 Å². The van der Waals surface area contributed by atoms with Crippen LogP contribution in [-0.2, 0) is 14.8 Å². The monoisotopic (exact) mass is 415 g/mol. The third kappa shape index (κ3) is 5.44. The Bertz CT molecular complexity index is 731. The normalized spacial score (nSPS) is 24.4. The molecule has 3 N–H and O–H groups in total. The van der Waals surface area contributed by atoms with E-state index in [1.165, 1.54) is 4.31 Å². The van der Waals surface area contributed by atoms with Crippen molar-refractivity contribution in [3.8, 4) is 0 Å². The second kappa shape index (κ2) is 9.37. The Labute approximate surface area is 168 Å². The van der Waals surface area contributed by atoms with Crippen molar-refractivity contribution in [2.75, 3.05) is 13.1 Å². The Morgan fingerprint density at radius 2 is 1.78 bits per heavy atom. The van der Waals surface area contributed by atoms with Gasteiger partial charge in [-0.25, -0.2) is 8.42 Å². The van der Waals surface area contributed by atoms with E-state index in [1.807, 2.05) is 19.1 Å². The third-order valence-corrected chi connectivity index (χ3v) is 7.56. The lowest BCUT2D eigenvalue weighted by atomic mass is 9.99. The van der Waals surface area contributed by atoms with Crippen LogP contribution in [0, 0.1) is 12.8 Å². The van der Waals surface area contributed by atoms with E-state index in [1.54, 1.807) is 12.1 Å². The Hall–Kier alpha value is -1.15. The van der Waals surface area contributed by atoms with E-state index in [0.717, 1.165) is 24.8 Å². The number of amides is 1. The van der Waals surface area contributed by atoms with Crippen molar-refractivity contribution in [3.63, 3.8) is 0 Å². The van der Waals surface area contributed by atoms with Crippen molar-refractivity contribution in [1.29, 1.82) is 0 Å². The van der Waals surface area contributed by atoms with Gasteiger partial charge in [-0.15, -0.1) is 12.4 Å². The summed E-state index contributed by atoms with van der Waals surface area (Å²) in [4.78, 5) is 12.6. The van der Waals surface area contributed by atoms with Gasteiger partial charge in [-0.05, 0) is 50.7 Å². The molecule has 6 nitrogen and oxygen atoms in total. The van der Waals surface area contributed by atoms with E-state index in [4.69, 9.17) is 5.73 Å². The van der Waals surface area contributed by atoms with E-state index in [0.29, 0.717) is 37.2 Å². The molecule has 27 heavy (non-hydrogen) atoms. The molecule has 1 aliphatic carbocycles. The van der Waals surface area contributed by atoms with Crippen molar-refractivity contribution < 1.29 is 13.2 Å². The fourth-order valence-electron chi connectivity index (χ4n) is 3.94. The van der Waals surface area contributed by atoms with E-state index < -0.39 is 10.0 Å². The predicted octanol–water partition coefficient (Wildman–Crippen LogP) is 2.20. The van der Waals surface area contributed by atoms with Gasteiger partial charge in [0, 0.05) is 31.6 Å². The Morgan fingerprint density at radius 3 is 2.33 bits per heavy atom. The molecular weight excluding hydrogens is 386 g/mol. The highest BCUT2D eigenvalue weighted by molar-refractivity contribution is 7.89. The number of carbonyl (C=O) groups excluding carboxylic acids is 1. The number of benzene rings is 1. The first-order valence-electron chi connectivity index (χ1n) is 9.48.